The molecule has 0 aromatic carbocycles. The highest BCUT2D eigenvalue weighted by Crippen LogP contribution is 2.32. The number of carbonyl (C=O) groups is 1. The molecule has 0 radical (unpaired) electrons. The number of aromatic nitrogens is 2. The number of nitriles is 2. The number of hydrogen-bond acceptors (Lipinski definition) is 7. The Morgan fingerprint density at radius 2 is 2.20 bits per heavy atom. The normalized spacial score (nSPS) is 16.3. The number of nitrogens with zero attached hydrogens (tertiary/aromatic N) is 6. The fraction of sp³-hybridized carbons (Fsp3) is 0.353. The number of amides is 1. The van der Waals surface area contributed by atoms with Crippen LogP contribution in [-0.2, 0) is 4.79 Å². The minimum Gasteiger partial charge on any atom is -0.298 e. The maximum Gasteiger partial charge on any atom is 0.251 e. The third kappa shape index (κ3) is 3.17. The van der Waals surface area contributed by atoms with Crippen molar-refractivity contribution in [2.75, 3.05) is 18.5 Å². The summed E-state index contributed by atoms with van der Waals surface area (Å²) >= 11 is 1.40. The summed E-state index contributed by atoms with van der Waals surface area (Å²) in [5.41, 5.74) is 1.60. The number of carbonyl (C=O) groups excluding carboxylic acids is 1. The van der Waals surface area contributed by atoms with E-state index < -0.39 is 6.04 Å². The topological polar surface area (TPSA) is 96.9 Å². The van der Waals surface area contributed by atoms with E-state index >= 15 is 0 Å². The smallest absolute Gasteiger partial charge is 0.251 e. The monoisotopic (exact) mass is 352 g/mol. The van der Waals surface area contributed by atoms with Gasteiger partial charge in [-0.15, -0.1) is 11.3 Å². The molecule has 0 N–H and O–H groups in total. The molecule has 0 spiro atoms. The number of likely N-dealkylation sites (N-methyl/N-ethyl adjacent to an activating group) is 1. The van der Waals surface area contributed by atoms with Gasteiger partial charge in [0.05, 0.1) is 5.69 Å². The summed E-state index contributed by atoms with van der Waals surface area (Å²) in [6.45, 7) is 2.53. The lowest BCUT2D eigenvalue weighted by atomic mass is 10.2. The molecule has 1 aliphatic rings. The number of pyridine rings is 1. The van der Waals surface area contributed by atoms with Crippen LogP contribution < -0.4 is 4.90 Å². The molecule has 2 aromatic heterocycles. The van der Waals surface area contributed by atoms with Crippen molar-refractivity contribution in [2.45, 2.75) is 25.8 Å². The van der Waals surface area contributed by atoms with E-state index in [1.165, 1.54) is 21.1 Å². The van der Waals surface area contributed by atoms with Gasteiger partial charge in [0.25, 0.3) is 5.91 Å². The van der Waals surface area contributed by atoms with Gasteiger partial charge in [-0.05, 0) is 31.9 Å². The first-order valence-corrected chi connectivity index (χ1v) is 8.65. The zero-order valence-electron chi connectivity index (χ0n) is 13.9. The summed E-state index contributed by atoms with van der Waals surface area (Å²) in [6.07, 6.45) is 3.60. The van der Waals surface area contributed by atoms with Gasteiger partial charge in [0, 0.05) is 18.5 Å². The second-order valence-electron chi connectivity index (χ2n) is 5.77. The van der Waals surface area contributed by atoms with Crippen molar-refractivity contribution in [3.05, 3.63) is 28.8 Å². The Morgan fingerprint density at radius 1 is 1.40 bits per heavy atom. The molecular formula is C17H16N6OS. The molecule has 2 aromatic rings. The number of anilines is 1. The lowest BCUT2D eigenvalue weighted by molar-refractivity contribution is -0.121. The average molecular weight is 352 g/mol. The first-order chi connectivity index (χ1) is 12.0. The molecule has 0 bridgehead atoms. The van der Waals surface area contributed by atoms with E-state index in [1.807, 2.05) is 13.0 Å². The molecule has 0 saturated carbocycles. The summed E-state index contributed by atoms with van der Waals surface area (Å²) in [5, 5.41) is 18.7. The summed E-state index contributed by atoms with van der Waals surface area (Å²) in [7, 11) is 1.68. The molecule has 7 nitrogen and oxygen atoms in total. The van der Waals surface area contributed by atoms with Crippen LogP contribution in [0.4, 0.5) is 5.13 Å². The number of thiazole rings is 1. The molecule has 3 heterocycles. The summed E-state index contributed by atoms with van der Waals surface area (Å²) in [6, 6.07) is 6.80. The molecule has 1 fully saturated rings. The first-order valence-electron chi connectivity index (χ1n) is 7.84. The van der Waals surface area contributed by atoms with Crippen LogP contribution in [0.5, 0.6) is 0 Å². The number of hydrogen-bond donors (Lipinski definition) is 0. The second kappa shape index (κ2) is 6.88. The van der Waals surface area contributed by atoms with Crippen LogP contribution in [0.25, 0.3) is 11.4 Å². The van der Waals surface area contributed by atoms with Gasteiger partial charge in [-0.1, -0.05) is 6.07 Å². The van der Waals surface area contributed by atoms with Crippen molar-refractivity contribution >= 4 is 22.4 Å². The largest absolute Gasteiger partial charge is 0.298 e. The molecule has 126 valence electrons. The predicted octanol–water partition coefficient (Wildman–Crippen LogP) is 2.29. The van der Waals surface area contributed by atoms with Crippen LogP contribution in [0.1, 0.15) is 23.4 Å². The molecule has 1 atom stereocenters. The standard InChI is InChI=1S/C17H16N6OS/c1-11-15(13-6-3-5-12(9-18)20-13)21-17(25-11)22(2)16(24)14-7-4-8-23(14)10-19/h3,5-6,14H,4,7-8H2,1-2H3. The summed E-state index contributed by atoms with van der Waals surface area (Å²) in [5.74, 6) is -0.127. The SMILES string of the molecule is Cc1sc(N(C)C(=O)C2CCCN2C#N)nc1-c1cccc(C#N)n1. The van der Waals surface area contributed by atoms with Crippen molar-refractivity contribution in [3.8, 4) is 23.7 Å². The summed E-state index contributed by atoms with van der Waals surface area (Å²) in [4.78, 5) is 25.5. The van der Waals surface area contributed by atoms with Gasteiger partial charge in [-0.3, -0.25) is 14.6 Å². The molecule has 1 amide bonds. The molecule has 3 rings (SSSR count). The van der Waals surface area contributed by atoms with Crippen molar-refractivity contribution in [2.24, 2.45) is 0 Å². The molecule has 8 heteroatoms. The Kier molecular flexibility index (Phi) is 4.64. The van der Waals surface area contributed by atoms with Crippen LogP contribution in [0.2, 0.25) is 0 Å². The number of rotatable bonds is 3. The average Bonchev–Trinajstić information content (AvgIpc) is 3.26. The lowest BCUT2D eigenvalue weighted by Gasteiger charge is -2.22. The summed E-state index contributed by atoms with van der Waals surface area (Å²) < 4.78 is 0. The van der Waals surface area contributed by atoms with Gasteiger partial charge in [0.2, 0.25) is 0 Å². The maximum atomic E-state index is 12.7. The molecular weight excluding hydrogens is 336 g/mol. The molecule has 0 aliphatic carbocycles. The third-order valence-corrected chi connectivity index (χ3v) is 5.22. The van der Waals surface area contributed by atoms with Crippen molar-refractivity contribution in [3.63, 3.8) is 0 Å². The fourth-order valence-electron chi connectivity index (χ4n) is 2.85. The number of aryl methyl sites for hydroxylation is 1. The van der Waals surface area contributed by atoms with E-state index in [0.29, 0.717) is 35.2 Å². The highest BCUT2D eigenvalue weighted by Gasteiger charge is 2.33. The van der Waals surface area contributed by atoms with Crippen LogP contribution in [-0.4, -0.2) is 40.4 Å². The van der Waals surface area contributed by atoms with Crippen molar-refractivity contribution < 1.29 is 4.79 Å². The van der Waals surface area contributed by atoms with E-state index in [-0.39, 0.29) is 5.91 Å². The van der Waals surface area contributed by atoms with E-state index in [4.69, 9.17) is 10.5 Å². The zero-order valence-corrected chi connectivity index (χ0v) is 14.7. The molecule has 1 saturated heterocycles. The van der Waals surface area contributed by atoms with E-state index in [2.05, 4.69) is 16.2 Å². The molecule has 1 unspecified atom stereocenters. The zero-order chi connectivity index (χ0) is 18.0. The minimum atomic E-state index is -0.414. The van der Waals surface area contributed by atoms with Gasteiger partial charge >= 0.3 is 0 Å². The van der Waals surface area contributed by atoms with Crippen LogP contribution in [0, 0.1) is 29.7 Å². The van der Waals surface area contributed by atoms with Gasteiger partial charge in [-0.2, -0.15) is 10.5 Å². The van der Waals surface area contributed by atoms with Crippen LogP contribution >= 0.6 is 11.3 Å². The first kappa shape index (κ1) is 16.9. The van der Waals surface area contributed by atoms with Gasteiger partial charge in [0.15, 0.2) is 11.3 Å². The second-order valence-corrected chi connectivity index (χ2v) is 6.95. The fourth-order valence-corrected chi connectivity index (χ4v) is 3.74. The van der Waals surface area contributed by atoms with E-state index in [0.717, 1.165) is 11.3 Å². The van der Waals surface area contributed by atoms with Crippen molar-refractivity contribution in [1.82, 2.24) is 14.9 Å². The third-order valence-electron chi connectivity index (χ3n) is 4.18. The lowest BCUT2D eigenvalue weighted by Crippen LogP contribution is -2.42. The van der Waals surface area contributed by atoms with Gasteiger partial charge in [0.1, 0.15) is 23.5 Å². The van der Waals surface area contributed by atoms with Crippen molar-refractivity contribution in [1.29, 1.82) is 10.5 Å². The molecule has 25 heavy (non-hydrogen) atoms. The van der Waals surface area contributed by atoms with E-state index in [9.17, 15) is 4.79 Å². The molecule has 1 aliphatic heterocycles. The Labute approximate surface area is 149 Å². The minimum absolute atomic E-state index is 0.127. The van der Waals surface area contributed by atoms with Gasteiger partial charge in [-0.25, -0.2) is 9.97 Å². The predicted molar refractivity (Wildman–Crippen MR) is 93.5 cm³/mol. The number of likely N-dealkylation sites (tertiary alicyclic amines) is 1. The quantitative estimate of drug-likeness (QED) is 0.786. The van der Waals surface area contributed by atoms with Crippen LogP contribution in [0.3, 0.4) is 0 Å². The highest BCUT2D eigenvalue weighted by atomic mass is 32.1. The maximum absolute atomic E-state index is 12.7. The Hall–Kier alpha value is -2.97. The van der Waals surface area contributed by atoms with E-state index in [1.54, 1.807) is 25.2 Å². The van der Waals surface area contributed by atoms with Crippen LogP contribution in [0.15, 0.2) is 18.2 Å². The van der Waals surface area contributed by atoms with Gasteiger partial charge < -0.3 is 0 Å². The Morgan fingerprint density at radius 3 is 2.92 bits per heavy atom. The Bertz CT molecular complexity index is 893. The Balaban J connectivity index is 1.88. The highest BCUT2D eigenvalue weighted by molar-refractivity contribution is 7.16.